The summed E-state index contributed by atoms with van der Waals surface area (Å²) in [5.74, 6) is 0.545. The first kappa shape index (κ1) is 17.8. The Morgan fingerprint density at radius 2 is 1.81 bits per heavy atom. The molecule has 0 aliphatic carbocycles. The lowest BCUT2D eigenvalue weighted by Gasteiger charge is -2.11. The average Bonchev–Trinajstić information content (AvgIpc) is 2.65. The Hall–Kier alpha value is -3.06. The number of nitrogens with zero attached hydrogens (tertiary/aromatic N) is 2. The minimum Gasteiger partial charge on any atom is -0.493 e. The molecule has 1 heterocycles. The number of methoxy groups -OCH3 is 2. The molecule has 134 valence electrons. The van der Waals surface area contributed by atoms with Crippen LogP contribution >= 0.6 is 11.6 Å². The van der Waals surface area contributed by atoms with Crippen LogP contribution in [0.2, 0.25) is 5.02 Å². The SMILES string of the molecule is COc1cc2ncn(CC(=O)Nc3ccc(Cl)cc3)c(=O)c2cc1OC. The molecule has 0 fully saturated rings. The van der Waals surface area contributed by atoms with Crippen LogP contribution in [0.1, 0.15) is 0 Å². The zero-order valence-corrected chi connectivity index (χ0v) is 14.9. The van der Waals surface area contributed by atoms with E-state index in [0.29, 0.717) is 33.1 Å². The molecule has 0 spiro atoms. The Bertz CT molecular complexity index is 1020. The Morgan fingerprint density at radius 3 is 2.46 bits per heavy atom. The van der Waals surface area contributed by atoms with Gasteiger partial charge >= 0.3 is 0 Å². The molecular formula is C18H16ClN3O4. The highest BCUT2D eigenvalue weighted by Gasteiger charge is 2.12. The van der Waals surface area contributed by atoms with Gasteiger partial charge in [0.25, 0.3) is 5.56 Å². The van der Waals surface area contributed by atoms with E-state index in [9.17, 15) is 9.59 Å². The molecule has 1 amide bonds. The van der Waals surface area contributed by atoms with E-state index in [1.54, 1.807) is 36.4 Å². The second-order valence-electron chi connectivity index (χ2n) is 5.46. The normalized spacial score (nSPS) is 10.6. The number of aromatic nitrogens is 2. The van der Waals surface area contributed by atoms with E-state index >= 15 is 0 Å². The maximum absolute atomic E-state index is 12.7. The number of carbonyl (C=O) groups excluding carboxylic acids is 1. The molecule has 0 saturated carbocycles. The van der Waals surface area contributed by atoms with Gasteiger partial charge in [-0.1, -0.05) is 11.6 Å². The number of fused-ring (bicyclic) bond motifs is 1. The van der Waals surface area contributed by atoms with E-state index in [2.05, 4.69) is 10.3 Å². The fourth-order valence-electron chi connectivity index (χ4n) is 2.49. The van der Waals surface area contributed by atoms with Gasteiger partial charge in [0.2, 0.25) is 5.91 Å². The molecular weight excluding hydrogens is 358 g/mol. The van der Waals surface area contributed by atoms with Gasteiger partial charge in [0, 0.05) is 16.8 Å². The average molecular weight is 374 g/mol. The van der Waals surface area contributed by atoms with Crippen LogP contribution in [0.5, 0.6) is 11.5 Å². The highest BCUT2D eigenvalue weighted by molar-refractivity contribution is 6.30. The van der Waals surface area contributed by atoms with E-state index < -0.39 is 0 Å². The molecule has 0 bridgehead atoms. The van der Waals surface area contributed by atoms with Gasteiger partial charge in [-0.2, -0.15) is 0 Å². The number of nitrogens with one attached hydrogen (secondary N) is 1. The van der Waals surface area contributed by atoms with E-state index in [1.165, 1.54) is 25.1 Å². The van der Waals surface area contributed by atoms with Crippen molar-refractivity contribution in [3.63, 3.8) is 0 Å². The summed E-state index contributed by atoms with van der Waals surface area (Å²) in [7, 11) is 2.99. The second-order valence-corrected chi connectivity index (χ2v) is 5.89. The molecule has 0 aliphatic heterocycles. The quantitative estimate of drug-likeness (QED) is 0.743. The number of halogens is 1. The standard InChI is InChI=1S/C18H16ClN3O4/c1-25-15-7-13-14(8-16(15)26-2)20-10-22(18(13)24)9-17(23)21-12-5-3-11(19)4-6-12/h3-8,10H,9H2,1-2H3,(H,21,23). The van der Waals surface area contributed by atoms with Crippen LogP contribution in [0.4, 0.5) is 5.69 Å². The van der Waals surface area contributed by atoms with Gasteiger partial charge in [0.1, 0.15) is 6.54 Å². The van der Waals surface area contributed by atoms with Gasteiger partial charge < -0.3 is 14.8 Å². The van der Waals surface area contributed by atoms with Gasteiger partial charge in [-0.25, -0.2) is 4.98 Å². The number of anilines is 1. The molecule has 0 radical (unpaired) electrons. The fraction of sp³-hybridized carbons (Fsp3) is 0.167. The number of hydrogen-bond donors (Lipinski definition) is 1. The molecule has 26 heavy (non-hydrogen) atoms. The minimum atomic E-state index is -0.351. The highest BCUT2D eigenvalue weighted by Crippen LogP contribution is 2.29. The molecule has 3 rings (SSSR count). The van der Waals surface area contributed by atoms with Crippen molar-refractivity contribution in [2.75, 3.05) is 19.5 Å². The number of benzene rings is 2. The lowest BCUT2D eigenvalue weighted by Crippen LogP contribution is -2.27. The molecule has 2 aromatic carbocycles. The Morgan fingerprint density at radius 1 is 1.15 bits per heavy atom. The zero-order chi connectivity index (χ0) is 18.7. The minimum absolute atomic E-state index is 0.168. The summed E-state index contributed by atoms with van der Waals surface area (Å²) in [4.78, 5) is 29.1. The van der Waals surface area contributed by atoms with Crippen molar-refractivity contribution in [2.45, 2.75) is 6.54 Å². The van der Waals surface area contributed by atoms with Crippen LogP contribution in [-0.4, -0.2) is 29.7 Å². The molecule has 0 aliphatic rings. The first-order chi connectivity index (χ1) is 12.5. The number of hydrogen-bond acceptors (Lipinski definition) is 5. The Labute approximate surface area is 154 Å². The van der Waals surface area contributed by atoms with Gasteiger partial charge in [-0.05, 0) is 30.3 Å². The van der Waals surface area contributed by atoms with Gasteiger partial charge in [0.05, 0.1) is 31.4 Å². The lowest BCUT2D eigenvalue weighted by molar-refractivity contribution is -0.116. The summed E-state index contributed by atoms with van der Waals surface area (Å²) < 4.78 is 11.7. The lowest BCUT2D eigenvalue weighted by atomic mass is 10.2. The monoisotopic (exact) mass is 373 g/mol. The predicted octanol–water partition coefficient (Wildman–Crippen LogP) is 2.71. The van der Waals surface area contributed by atoms with Crippen molar-refractivity contribution in [1.82, 2.24) is 9.55 Å². The van der Waals surface area contributed by atoms with Gasteiger partial charge in [-0.3, -0.25) is 14.2 Å². The van der Waals surface area contributed by atoms with Crippen molar-refractivity contribution in [2.24, 2.45) is 0 Å². The third kappa shape index (κ3) is 3.62. The molecule has 8 heteroatoms. The predicted molar refractivity (Wildman–Crippen MR) is 99.2 cm³/mol. The van der Waals surface area contributed by atoms with Gasteiger partial charge in [0.15, 0.2) is 11.5 Å². The molecule has 1 aromatic heterocycles. The summed E-state index contributed by atoms with van der Waals surface area (Å²) in [6, 6.07) is 9.86. The molecule has 0 saturated heterocycles. The second kappa shape index (κ2) is 7.45. The van der Waals surface area contributed by atoms with Crippen LogP contribution in [0.25, 0.3) is 10.9 Å². The number of amides is 1. The third-order valence-electron chi connectivity index (χ3n) is 3.77. The first-order valence-electron chi connectivity index (χ1n) is 7.68. The first-order valence-corrected chi connectivity index (χ1v) is 8.06. The van der Waals surface area contributed by atoms with Crippen LogP contribution in [-0.2, 0) is 11.3 Å². The maximum atomic E-state index is 12.7. The van der Waals surface area contributed by atoms with Crippen molar-refractivity contribution >= 4 is 34.1 Å². The van der Waals surface area contributed by atoms with Crippen LogP contribution in [0.3, 0.4) is 0 Å². The highest BCUT2D eigenvalue weighted by atomic mass is 35.5. The smallest absolute Gasteiger partial charge is 0.261 e. The van der Waals surface area contributed by atoms with Crippen LogP contribution < -0.4 is 20.3 Å². The summed E-state index contributed by atoms with van der Waals surface area (Å²) in [6.07, 6.45) is 1.33. The summed E-state index contributed by atoms with van der Waals surface area (Å²) >= 11 is 5.81. The molecule has 0 atom stereocenters. The third-order valence-corrected chi connectivity index (χ3v) is 4.02. The number of carbonyl (C=O) groups is 1. The van der Waals surface area contributed by atoms with Crippen LogP contribution in [0, 0.1) is 0 Å². The Kier molecular flexibility index (Phi) is 5.09. The number of rotatable bonds is 5. The largest absolute Gasteiger partial charge is 0.493 e. The van der Waals surface area contributed by atoms with Crippen molar-refractivity contribution in [3.05, 3.63) is 58.1 Å². The summed E-state index contributed by atoms with van der Waals surface area (Å²) in [5.41, 5.74) is 0.705. The molecule has 1 N–H and O–H groups in total. The summed E-state index contributed by atoms with van der Waals surface area (Å²) in [5, 5.41) is 3.61. The van der Waals surface area contributed by atoms with Gasteiger partial charge in [-0.15, -0.1) is 0 Å². The Balaban J connectivity index is 1.88. The maximum Gasteiger partial charge on any atom is 0.261 e. The van der Waals surface area contributed by atoms with Crippen molar-refractivity contribution in [3.8, 4) is 11.5 Å². The van der Waals surface area contributed by atoms with E-state index in [-0.39, 0.29) is 18.0 Å². The molecule has 7 nitrogen and oxygen atoms in total. The van der Waals surface area contributed by atoms with Crippen molar-refractivity contribution < 1.29 is 14.3 Å². The number of ether oxygens (including phenoxy) is 2. The molecule has 3 aromatic rings. The topological polar surface area (TPSA) is 82.5 Å². The van der Waals surface area contributed by atoms with E-state index in [4.69, 9.17) is 21.1 Å². The van der Waals surface area contributed by atoms with Crippen molar-refractivity contribution in [1.29, 1.82) is 0 Å². The van der Waals surface area contributed by atoms with E-state index in [1.807, 2.05) is 0 Å². The van der Waals surface area contributed by atoms with E-state index in [0.717, 1.165) is 0 Å². The molecule has 0 unspecified atom stereocenters. The summed E-state index contributed by atoms with van der Waals surface area (Å²) in [6.45, 7) is -0.168. The fourth-order valence-corrected chi connectivity index (χ4v) is 2.61. The zero-order valence-electron chi connectivity index (χ0n) is 14.2. The van der Waals surface area contributed by atoms with Crippen LogP contribution in [0.15, 0.2) is 47.5 Å².